The Morgan fingerprint density at radius 1 is 1.37 bits per heavy atom. The first-order valence-electron chi connectivity index (χ1n) is 5.93. The number of aromatic nitrogens is 2. The Hall–Kier alpha value is -1.81. The summed E-state index contributed by atoms with van der Waals surface area (Å²) in [5.74, 6) is -0.248. The van der Waals surface area contributed by atoms with Crippen LogP contribution in [0.4, 0.5) is 0 Å². The van der Waals surface area contributed by atoms with Crippen molar-refractivity contribution in [2.45, 2.75) is 19.9 Å². The van der Waals surface area contributed by atoms with Gasteiger partial charge in [0.15, 0.2) is 0 Å². The van der Waals surface area contributed by atoms with Gasteiger partial charge in [-0.3, -0.25) is 9.48 Å². The first kappa shape index (κ1) is 13.6. The SMILES string of the molecule is COC(=O)Cc1ccccc1Cn1ncc(Cl)c1C. The summed E-state index contributed by atoms with van der Waals surface area (Å²) in [5.41, 5.74) is 2.89. The van der Waals surface area contributed by atoms with Gasteiger partial charge in [0.05, 0.1) is 37.0 Å². The minimum atomic E-state index is -0.248. The molecule has 0 fully saturated rings. The largest absolute Gasteiger partial charge is 0.469 e. The molecule has 0 aliphatic carbocycles. The van der Waals surface area contributed by atoms with E-state index >= 15 is 0 Å². The summed E-state index contributed by atoms with van der Waals surface area (Å²) in [6.45, 7) is 2.50. The molecule has 0 N–H and O–H groups in total. The van der Waals surface area contributed by atoms with Crippen LogP contribution in [0.25, 0.3) is 0 Å². The van der Waals surface area contributed by atoms with Gasteiger partial charge in [0.2, 0.25) is 0 Å². The molecule has 2 rings (SSSR count). The number of methoxy groups -OCH3 is 1. The predicted molar refractivity (Wildman–Crippen MR) is 73.2 cm³/mol. The molecule has 0 saturated heterocycles. The summed E-state index contributed by atoms with van der Waals surface area (Å²) in [5, 5.41) is 4.86. The lowest BCUT2D eigenvalue weighted by molar-refractivity contribution is -0.139. The highest BCUT2D eigenvalue weighted by Crippen LogP contribution is 2.17. The number of halogens is 1. The summed E-state index contributed by atoms with van der Waals surface area (Å²) >= 11 is 5.98. The van der Waals surface area contributed by atoms with Crippen molar-refractivity contribution in [1.82, 2.24) is 9.78 Å². The van der Waals surface area contributed by atoms with E-state index in [0.717, 1.165) is 16.8 Å². The monoisotopic (exact) mass is 278 g/mol. The van der Waals surface area contributed by atoms with Gasteiger partial charge in [-0.1, -0.05) is 35.9 Å². The van der Waals surface area contributed by atoms with Gasteiger partial charge in [-0.15, -0.1) is 0 Å². The molecule has 1 heterocycles. The number of carbonyl (C=O) groups excluding carboxylic acids is 1. The van der Waals surface area contributed by atoms with Crippen LogP contribution in [0.15, 0.2) is 30.5 Å². The smallest absolute Gasteiger partial charge is 0.309 e. The molecule has 0 unspecified atom stereocenters. The Morgan fingerprint density at radius 2 is 2.05 bits per heavy atom. The van der Waals surface area contributed by atoms with Crippen LogP contribution in [0.5, 0.6) is 0 Å². The molecule has 2 aromatic rings. The van der Waals surface area contributed by atoms with Gasteiger partial charge in [-0.25, -0.2) is 0 Å². The van der Waals surface area contributed by atoms with Gasteiger partial charge in [-0.2, -0.15) is 5.10 Å². The van der Waals surface area contributed by atoms with Crippen LogP contribution < -0.4 is 0 Å². The zero-order chi connectivity index (χ0) is 13.8. The first-order chi connectivity index (χ1) is 9.11. The molecule has 1 aromatic carbocycles. The molecule has 0 aliphatic rings. The molecular formula is C14H15ClN2O2. The first-order valence-corrected chi connectivity index (χ1v) is 6.31. The van der Waals surface area contributed by atoms with Crippen LogP contribution in [0, 0.1) is 6.92 Å². The van der Waals surface area contributed by atoms with Gasteiger partial charge >= 0.3 is 5.97 Å². The number of esters is 1. The predicted octanol–water partition coefficient (Wildman–Crippen LogP) is 2.61. The number of hydrogen-bond acceptors (Lipinski definition) is 3. The van der Waals surface area contributed by atoms with Crippen molar-refractivity contribution in [1.29, 1.82) is 0 Å². The van der Waals surface area contributed by atoms with Gasteiger partial charge in [0, 0.05) is 0 Å². The Labute approximate surface area is 116 Å². The average molecular weight is 279 g/mol. The second kappa shape index (κ2) is 5.89. The minimum Gasteiger partial charge on any atom is -0.469 e. The second-order valence-electron chi connectivity index (χ2n) is 4.26. The minimum absolute atomic E-state index is 0.248. The molecule has 4 nitrogen and oxygen atoms in total. The number of nitrogens with zero attached hydrogens (tertiary/aromatic N) is 2. The van der Waals surface area contributed by atoms with Crippen LogP contribution in [-0.2, 0) is 22.5 Å². The Balaban J connectivity index is 2.25. The van der Waals surface area contributed by atoms with E-state index < -0.39 is 0 Å². The van der Waals surface area contributed by atoms with Gasteiger partial charge in [-0.05, 0) is 18.1 Å². The third-order valence-corrected chi connectivity index (χ3v) is 3.42. The summed E-state index contributed by atoms with van der Waals surface area (Å²) < 4.78 is 6.52. The maximum absolute atomic E-state index is 11.4. The van der Waals surface area contributed by atoms with E-state index in [4.69, 9.17) is 16.3 Å². The number of benzene rings is 1. The second-order valence-corrected chi connectivity index (χ2v) is 4.66. The van der Waals surface area contributed by atoms with Crippen LogP contribution in [0.1, 0.15) is 16.8 Å². The van der Waals surface area contributed by atoms with E-state index in [1.165, 1.54) is 7.11 Å². The number of hydrogen-bond donors (Lipinski definition) is 0. The molecule has 1 aromatic heterocycles. The van der Waals surface area contributed by atoms with Crippen LogP contribution in [0.2, 0.25) is 5.02 Å². The van der Waals surface area contributed by atoms with Gasteiger partial charge < -0.3 is 4.74 Å². The van der Waals surface area contributed by atoms with Crippen molar-refractivity contribution in [3.8, 4) is 0 Å². The molecule has 5 heteroatoms. The summed E-state index contributed by atoms with van der Waals surface area (Å²) in [6.07, 6.45) is 1.89. The number of ether oxygens (including phenoxy) is 1. The Morgan fingerprint density at radius 3 is 2.63 bits per heavy atom. The van der Waals surface area contributed by atoms with Crippen molar-refractivity contribution in [2.75, 3.05) is 7.11 Å². The fraction of sp³-hybridized carbons (Fsp3) is 0.286. The zero-order valence-corrected chi connectivity index (χ0v) is 11.6. The van der Waals surface area contributed by atoms with E-state index in [9.17, 15) is 4.79 Å². The zero-order valence-electron chi connectivity index (χ0n) is 10.9. The van der Waals surface area contributed by atoms with Crippen molar-refractivity contribution < 1.29 is 9.53 Å². The fourth-order valence-corrected chi connectivity index (χ4v) is 2.00. The van der Waals surface area contributed by atoms with Crippen LogP contribution >= 0.6 is 11.6 Å². The topological polar surface area (TPSA) is 44.1 Å². The maximum atomic E-state index is 11.4. The molecule has 0 amide bonds. The summed E-state index contributed by atoms with van der Waals surface area (Å²) in [7, 11) is 1.39. The highest BCUT2D eigenvalue weighted by molar-refractivity contribution is 6.31. The molecule has 0 aliphatic heterocycles. The van der Waals surface area contributed by atoms with E-state index in [1.807, 2.05) is 35.9 Å². The third kappa shape index (κ3) is 3.15. The molecule has 100 valence electrons. The van der Waals surface area contributed by atoms with E-state index in [2.05, 4.69) is 5.10 Å². The molecule has 0 radical (unpaired) electrons. The Kier molecular flexibility index (Phi) is 4.22. The van der Waals surface area contributed by atoms with E-state index in [0.29, 0.717) is 11.6 Å². The summed E-state index contributed by atoms with van der Waals surface area (Å²) in [4.78, 5) is 11.4. The van der Waals surface area contributed by atoms with E-state index in [-0.39, 0.29) is 12.4 Å². The molecule has 0 spiro atoms. The molecule has 0 saturated carbocycles. The standard InChI is InChI=1S/C14H15ClN2O2/c1-10-13(15)8-16-17(10)9-12-6-4-3-5-11(12)7-14(18)19-2/h3-6,8H,7,9H2,1-2H3. The van der Waals surface area contributed by atoms with E-state index in [1.54, 1.807) is 6.20 Å². The molecule has 19 heavy (non-hydrogen) atoms. The van der Waals surface area contributed by atoms with Crippen molar-refractivity contribution >= 4 is 17.6 Å². The van der Waals surface area contributed by atoms with Crippen molar-refractivity contribution in [3.05, 3.63) is 52.3 Å². The number of carbonyl (C=O) groups is 1. The molecule has 0 atom stereocenters. The van der Waals surface area contributed by atoms with Gasteiger partial charge in [0.1, 0.15) is 0 Å². The quantitative estimate of drug-likeness (QED) is 0.808. The third-order valence-electron chi connectivity index (χ3n) is 3.04. The van der Waals surface area contributed by atoms with Crippen molar-refractivity contribution in [3.63, 3.8) is 0 Å². The lowest BCUT2D eigenvalue weighted by atomic mass is 10.0. The molecule has 0 bridgehead atoms. The fourth-order valence-electron chi connectivity index (χ4n) is 1.86. The number of rotatable bonds is 4. The lowest BCUT2D eigenvalue weighted by Crippen LogP contribution is -2.10. The maximum Gasteiger partial charge on any atom is 0.309 e. The van der Waals surface area contributed by atoms with Crippen LogP contribution in [-0.4, -0.2) is 22.9 Å². The average Bonchev–Trinajstić information content (AvgIpc) is 2.73. The van der Waals surface area contributed by atoms with Crippen LogP contribution in [0.3, 0.4) is 0 Å². The lowest BCUT2D eigenvalue weighted by Gasteiger charge is -2.10. The normalized spacial score (nSPS) is 10.5. The Bertz CT molecular complexity index is 593. The highest BCUT2D eigenvalue weighted by Gasteiger charge is 2.10. The highest BCUT2D eigenvalue weighted by atomic mass is 35.5. The van der Waals surface area contributed by atoms with Gasteiger partial charge in [0.25, 0.3) is 0 Å². The summed E-state index contributed by atoms with van der Waals surface area (Å²) in [6, 6.07) is 7.75. The molecular weight excluding hydrogens is 264 g/mol. The van der Waals surface area contributed by atoms with Crippen molar-refractivity contribution in [2.24, 2.45) is 0 Å².